The van der Waals surface area contributed by atoms with E-state index in [9.17, 15) is 13.2 Å². The second-order valence-electron chi connectivity index (χ2n) is 12.5. The zero-order chi connectivity index (χ0) is 27.7. The number of carbonyl (C=O) groups excluding carboxylic acids is 1. The largest absolute Gasteiger partial charge is 0.382 e. The number of nitrogens with zero attached hydrogens (tertiary/aromatic N) is 2. The molecule has 0 saturated heterocycles. The number of aliphatic imine (C=N–C) groups is 2. The molecule has 0 aromatic heterocycles. The number of nitrogens with two attached hydrogens (primary N) is 1. The predicted molar refractivity (Wildman–Crippen MR) is 151 cm³/mol. The molecule has 0 amide bonds. The van der Waals surface area contributed by atoms with Crippen LogP contribution in [-0.4, -0.2) is 49.3 Å². The van der Waals surface area contributed by atoms with Crippen LogP contribution in [0.5, 0.6) is 0 Å². The van der Waals surface area contributed by atoms with Gasteiger partial charge in [0.05, 0.1) is 23.0 Å². The maximum Gasteiger partial charge on any atom is 0.265 e. The third-order valence-electron chi connectivity index (χ3n) is 10.5. The van der Waals surface area contributed by atoms with Crippen molar-refractivity contribution in [3.8, 4) is 0 Å². The van der Waals surface area contributed by atoms with Gasteiger partial charge in [-0.25, -0.2) is 4.99 Å². The number of carbonyl (C=O) groups is 1. The number of ether oxygens (including phenoxy) is 1. The quantitative estimate of drug-likeness (QED) is 0.473. The van der Waals surface area contributed by atoms with Gasteiger partial charge in [0.1, 0.15) is 11.6 Å². The van der Waals surface area contributed by atoms with Crippen molar-refractivity contribution >= 4 is 43.4 Å². The molecule has 1 aromatic rings. The van der Waals surface area contributed by atoms with Gasteiger partial charge in [-0.15, -0.1) is 0 Å². The zero-order valence-electron chi connectivity index (χ0n) is 22.6. The number of amidine groups is 1. The molecule has 8 nitrogen and oxygen atoms in total. The number of rotatable bonds is 3. The minimum absolute atomic E-state index is 0.0152. The summed E-state index contributed by atoms with van der Waals surface area (Å²) in [6.07, 6.45) is 7.64. The standard InChI is InChI=1S/C18H22BrN3O.C10H16O4S/c1-11-16(20)22-18(21-11)15-9-13(19)4-3-12(15)10-17(18)7-5-14(23-2)6-8-17;1-9(2)7-3-4-10(9,8(11)5-7)6-15(12,13)14/h3-4,9,14H,5-8,10H2,1-2H3,(H2,20,22);7H,3-6H2,1-2H3,(H,12,13,14)/t14?,17?,18-;7-,10-/m10/s1. The monoisotopic (exact) mass is 607 g/mol. The molecule has 3 N–H and O–H groups in total. The highest BCUT2D eigenvalue weighted by Gasteiger charge is 2.65. The Labute approximate surface area is 233 Å². The number of hydrogen-bond acceptors (Lipinski definition) is 7. The lowest BCUT2D eigenvalue weighted by molar-refractivity contribution is -0.128. The number of Topliss-reactive ketones (excluding diaryl/α,β-unsaturated/α-hetero) is 1. The maximum absolute atomic E-state index is 11.9. The van der Waals surface area contributed by atoms with Crippen molar-refractivity contribution in [1.29, 1.82) is 0 Å². The molecule has 0 unspecified atom stereocenters. The zero-order valence-corrected chi connectivity index (χ0v) is 25.0. The van der Waals surface area contributed by atoms with Crippen LogP contribution < -0.4 is 5.73 Å². The first kappa shape index (κ1) is 27.9. The summed E-state index contributed by atoms with van der Waals surface area (Å²) in [7, 11) is -2.26. The van der Waals surface area contributed by atoms with Crippen molar-refractivity contribution in [2.24, 2.45) is 37.9 Å². The third-order valence-corrected chi connectivity index (χ3v) is 11.8. The van der Waals surface area contributed by atoms with Crippen molar-refractivity contribution in [1.82, 2.24) is 0 Å². The first-order chi connectivity index (χ1) is 17.7. The lowest BCUT2D eigenvalue weighted by atomic mass is 9.65. The second-order valence-corrected chi connectivity index (χ2v) is 14.8. The lowest BCUT2D eigenvalue weighted by Crippen LogP contribution is -2.43. The topological polar surface area (TPSA) is 131 Å². The lowest BCUT2D eigenvalue weighted by Gasteiger charge is -2.44. The van der Waals surface area contributed by atoms with Crippen LogP contribution in [0.2, 0.25) is 0 Å². The second kappa shape index (κ2) is 9.21. The molecule has 3 fully saturated rings. The molecular formula is C28H38BrN3O5S. The average molecular weight is 609 g/mol. The van der Waals surface area contributed by atoms with Gasteiger partial charge in [-0.05, 0) is 80.9 Å². The predicted octanol–water partition coefficient (Wildman–Crippen LogP) is 4.83. The van der Waals surface area contributed by atoms with E-state index in [0.717, 1.165) is 48.7 Å². The van der Waals surface area contributed by atoms with Crippen molar-refractivity contribution in [2.45, 2.75) is 83.9 Å². The summed E-state index contributed by atoms with van der Waals surface area (Å²) >= 11 is 3.61. The SMILES string of the molecule is CC1(C)[C@H]2CC[C@]1(CS(=O)(=O)O)C(=O)C2.COC1CCC2(CC1)Cc1ccc(Br)cc1[C@]21N=C(C)C(N)=N1. The highest BCUT2D eigenvalue weighted by molar-refractivity contribution is 9.10. The fraction of sp³-hybridized carbons (Fsp3) is 0.679. The molecule has 0 radical (unpaired) electrons. The molecule has 1 heterocycles. The number of methoxy groups -OCH3 is 1. The molecule has 10 heteroatoms. The Bertz CT molecular complexity index is 1310. The Morgan fingerprint density at radius 3 is 2.34 bits per heavy atom. The van der Waals surface area contributed by atoms with E-state index < -0.39 is 26.9 Å². The Hall–Kier alpha value is -1.62. The molecule has 1 aliphatic heterocycles. The van der Waals surface area contributed by atoms with Gasteiger partial charge >= 0.3 is 0 Å². The molecule has 2 bridgehead atoms. The highest BCUT2D eigenvalue weighted by atomic mass is 79.9. The molecule has 3 atom stereocenters. The van der Waals surface area contributed by atoms with E-state index in [1.807, 2.05) is 27.9 Å². The van der Waals surface area contributed by atoms with Crippen LogP contribution in [0.1, 0.15) is 76.8 Å². The van der Waals surface area contributed by atoms with Gasteiger partial charge in [-0.3, -0.25) is 14.3 Å². The Kier molecular flexibility index (Phi) is 6.77. The smallest absolute Gasteiger partial charge is 0.265 e. The summed E-state index contributed by atoms with van der Waals surface area (Å²) in [4.78, 5) is 21.9. The minimum atomic E-state index is -4.08. The number of benzene rings is 1. The summed E-state index contributed by atoms with van der Waals surface area (Å²) < 4.78 is 37.6. The van der Waals surface area contributed by atoms with Gasteiger partial charge in [-0.2, -0.15) is 8.42 Å². The fourth-order valence-electron chi connectivity index (χ4n) is 8.06. The van der Waals surface area contributed by atoms with Gasteiger partial charge in [0.2, 0.25) is 0 Å². The molecule has 38 heavy (non-hydrogen) atoms. The summed E-state index contributed by atoms with van der Waals surface area (Å²) in [5.41, 5.74) is 7.99. The van der Waals surface area contributed by atoms with E-state index in [4.69, 9.17) is 25.0 Å². The summed E-state index contributed by atoms with van der Waals surface area (Å²) in [5.74, 6) is 0.488. The maximum atomic E-state index is 11.9. The molecular weight excluding hydrogens is 570 g/mol. The van der Waals surface area contributed by atoms with Gasteiger partial charge in [0.15, 0.2) is 5.66 Å². The summed E-state index contributed by atoms with van der Waals surface area (Å²) in [6, 6.07) is 6.52. The van der Waals surface area contributed by atoms with Crippen molar-refractivity contribution in [3.05, 3.63) is 33.8 Å². The summed E-state index contributed by atoms with van der Waals surface area (Å²) in [5, 5.41) is 0. The Balaban J connectivity index is 0.000000170. The number of fused-ring (bicyclic) bond motifs is 5. The van der Waals surface area contributed by atoms with E-state index in [1.54, 1.807) is 0 Å². The van der Waals surface area contributed by atoms with Crippen LogP contribution in [-0.2, 0) is 31.7 Å². The van der Waals surface area contributed by atoms with E-state index in [0.29, 0.717) is 24.8 Å². The van der Waals surface area contributed by atoms with Crippen LogP contribution in [0.3, 0.4) is 0 Å². The Morgan fingerprint density at radius 2 is 1.84 bits per heavy atom. The average Bonchev–Trinajstić information content (AvgIpc) is 3.42. The van der Waals surface area contributed by atoms with Crippen molar-refractivity contribution in [2.75, 3.05) is 12.9 Å². The van der Waals surface area contributed by atoms with E-state index >= 15 is 0 Å². The van der Waals surface area contributed by atoms with E-state index in [-0.39, 0.29) is 22.5 Å². The number of ketones is 1. The minimum Gasteiger partial charge on any atom is -0.382 e. The first-order valence-corrected chi connectivity index (χ1v) is 15.8. The summed E-state index contributed by atoms with van der Waals surface area (Å²) in [6.45, 7) is 5.86. The van der Waals surface area contributed by atoms with Gasteiger partial charge in [0, 0.05) is 29.0 Å². The third kappa shape index (κ3) is 4.12. The van der Waals surface area contributed by atoms with Crippen molar-refractivity contribution < 1.29 is 22.5 Å². The molecule has 208 valence electrons. The number of hydrogen-bond donors (Lipinski definition) is 2. The van der Waals surface area contributed by atoms with Crippen LogP contribution in [0, 0.1) is 22.2 Å². The molecule has 5 aliphatic rings. The number of halogens is 1. The van der Waals surface area contributed by atoms with Crippen molar-refractivity contribution in [3.63, 3.8) is 0 Å². The van der Waals surface area contributed by atoms with E-state index in [1.165, 1.54) is 11.1 Å². The van der Waals surface area contributed by atoms with Crippen LogP contribution in [0.25, 0.3) is 0 Å². The fourth-order valence-corrected chi connectivity index (χ4v) is 9.72. The van der Waals surface area contributed by atoms with Crippen LogP contribution in [0.4, 0.5) is 0 Å². The first-order valence-electron chi connectivity index (χ1n) is 13.4. The van der Waals surface area contributed by atoms with Gasteiger partial charge < -0.3 is 10.5 Å². The van der Waals surface area contributed by atoms with Crippen LogP contribution in [0.15, 0.2) is 32.7 Å². The van der Waals surface area contributed by atoms with E-state index in [2.05, 4.69) is 34.1 Å². The van der Waals surface area contributed by atoms with Crippen LogP contribution >= 0.6 is 15.9 Å². The normalized spacial score (nSPS) is 34.2. The van der Waals surface area contributed by atoms with Gasteiger partial charge in [0.25, 0.3) is 10.1 Å². The Morgan fingerprint density at radius 1 is 1.16 bits per heavy atom. The highest BCUT2D eigenvalue weighted by Crippen LogP contribution is 2.64. The molecule has 1 aromatic carbocycles. The molecule has 2 spiro atoms. The van der Waals surface area contributed by atoms with Gasteiger partial charge in [-0.1, -0.05) is 35.8 Å². The molecule has 3 saturated carbocycles. The molecule has 4 aliphatic carbocycles. The molecule has 6 rings (SSSR count).